The van der Waals surface area contributed by atoms with Gasteiger partial charge < -0.3 is 0 Å². The number of benzene rings is 1. The number of carbonyl (C=O) groups excluding carboxylic acids is 1. The summed E-state index contributed by atoms with van der Waals surface area (Å²) >= 11 is 3.26. The van der Waals surface area contributed by atoms with Crippen LogP contribution in [-0.2, 0) is 0 Å². The molecule has 0 spiro atoms. The van der Waals surface area contributed by atoms with Crippen molar-refractivity contribution in [2.75, 3.05) is 0 Å². The summed E-state index contributed by atoms with van der Waals surface area (Å²) in [6.45, 7) is 1.81. The van der Waals surface area contributed by atoms with E-state index in [1.807, 2.05) is 13.0 Å². The molecule has 0 unspecified atom stereocenters. The Hall–Kier alpha value is -1.14. The largest absolute Gasteiger partial charge is 0.294 e. The summed E-state index contributed by atoms with van der Waals surface area (Å²) in [6.07, 6.45) is 0.477. The number of rotatable bonds is 2. The molecule has 66 valence electrons. The fraction of sp³-hybridized carbons (Fsp3) is 0.200. The highest BCUT2D eigenvalue weighted by atomic mass is 79.9. The molecule has 0 atom stereocenters. The smallest absolute Gasteiger partial charge is 0.163 e. The van der Waals surface area contributed by atoms with Crippen molar-refractivity contribution in [1.82, 2.24) is 0 Å². The van der Waals surface area contributed by atoms with Crippen molar-refractivity contribution in [3.8, 4) is 6.07 Å². The highest BCUT2D eigenvalue weighted by molar-refractivity contribution is 9.10. The van der Waals surface area contributed by atoms with Gasteiger partial charge in [0.15, 0.2) is 5.78 Å². The molecule has 1 aromatic carbocycles. The van der Waals surface area contributed by atoms with Crippen molar-refractivity contribution in [2.24, 2.45) is 0 Å². The van der Waals surface area contributed by atoms with Crippen LogP contribution in [0.3, 0.4) is 0 Å². The third kappa shape index (κ3) is 2.16. The van der Waals surface area contributed by atoms with E-state index < -0.39 is 0 Å². The summed E-state index contributed by atoms with van der Waals surface area (Å²) in [7, 11) is 0. The van der Waals surface area contributed by atoms with Crippen molar-refractivity contribution in [3.05, 3.63) is 33.8 Å². The van der Waals surface area contributed by atoms with Crippen LogP contribution in [-0.4, -0.2) is 5.78 Å². The molecular weight excluding hydrogens is 230 g/mol. The zero-order valence-corrected chi connectivity index (χ0v) is 8.76. The van der Waals surface area contributed by atoms with Gasteiger partial charge in [0.05, 0.1) is 11.6 Å². The Morgan fingerprint density at radius 2 is 2.31 bits per heavy atom. The van der Waals surface area contributed by atoms with Crippen LogP contribution in [0.2, 0.25) is 0 Å². The van der Waals surface area contributed by atoms with Crippen molar-refractivity contribution >= 4 is 21.7 Å². The normalized spacial score (nSPS) is 9.31. The number of halogens is 1. The van der Waals surface area contributed by atoms with Gasteiger partial charge in [-0.1, -0.05) is 22.9 Å². The highest BCUT2D eigenvalue weighted by Gasteiger charge is 2.07. The van der Waals surface area contributed by atoms with E-state index in [1.54, 1.807) is 18.2 Å². The summed E-state index contributed by atoms with van der Waals surface area (Å²) in [6, 6.07) is 6.99. The van der Waals surface area contributed by atoms with Gasteiger partial charge in [-0.15, -0.1) is 0 Å². The molecule has 13 heavy (non-hydrogen) atoms. The van der Waals surface area contributed by atoms with E-state index >= 15 is 0 Å². The Labute approximate surface area is 85.3 Å². The predicted molar refractivity (Wildman–Crippen MR) is 53.5 cm³/mol. The summed E-state index contributed by atoms with van der Waals surface area (Å²) in [5, 5.41) is 8.59. The third-order valence-electron chi connectivity index (χ3n) is 1.72. The van der Waals surface area contributed by atoms with E-state index in [9.17, 15) is 4.79 Å². The second-order valence-electron chi connectivity index (χ2n) is 2.58. The average molecular weight is 238 g/mol. The van der Waals surface area contributed by atoms with Crippen molar-refractivity contribution < 1.29 is 4.79 Å². The first-order chi connectivity index (χ1) is 6.19. The number of nitriles is 1. The van der Waals surface area contributed by atoms with E-state index in [0.717, 1.165) is 0 Å². The molecule has 0 aliphatic heterocycles. The monoisotopic (exact) mass is 237 g/mol. The molecule has 0 radical (unpaired) electrons. The number of Topliss-reactive ketones (excluding diaryl/α,β-unsaturated/α-hetero) is 1. The van der Waals surface area contributed by atoms with Gasteiger partial charge in [0.1, 0.15) is 0 Å². The van der Waals surface area contributed by atoms with Crippen LogP contribution in [0.5, 0.6) is 0 Å². The zero-order chi connectivity index (χ0) is 9.84. The van der Waals surface area contributed by atoms with Gasteiger partial charge in [0.2, 0.25) is 0 Å². The number of nitrogens with zero attached hydrogens (tertiary/aromatic N) is 1. The molecule has 2 nitrogen and oxygen atoms in total. The molecule has 3 heteroatoms. The predicted octanol–water partition coefficient (Wildman–Crippen LogP) is 2.91. The molecule has 0 aromatic heterocycles. The molecule has 0 saturated heterocycles. The quantitative estimate of drug-likeness (QED) is 0.743. The van der Waals surface area contributed by atoms with E-state index in [2.05, 4.69) is 15.9 Å². The van der Waals surface area contributed by atoms with Crippen molar-refractivity contribution in [3.63, 3.8) is 0 Å². The van der Waals surface area contributed by atoms with E-state index in [-0.39, 0.29) is 5.78 Å². The maximum Gasteiger partial charge on any atom is 0.163 e. The minimum atomic E-state index is 0.0800. The van der Waals surface area contributed by atoms with Crippen LogP contribution < -0.4 is 0 Å². The molecule has 0 bridgehead atoms. The SMILES string of the molecule is CCC(=O)c1ccc(C#N)cc1Br. The first kappa shape index (κ1) is 9.94. The van der Waals surface area contributed by atoms with Crippen LogP contribution in [0.15, 0.2) is 22.7 Å². The highest BCUT2D eigenvalue weighted by Crippen LogP contribution is 2.19. The molecule has 0 aliphatic rings. The lowest BCUT2D eigenvalue weighted by molar-refractivity contribution is 0.0987. The van der Waals surface area contributed by atoms with Gasteiger partial charge in [0, 0.05) is 16.5 Å². The first-order valence-corrected chi connectivity index (χ1v) is 4.71. The van der Waals surface area contributed by atoms with E-state index in [0.29, 0.717) is 22.0 Å². The van der Waals surface area contributed by atoms with Crippen LogP contribution in [0, 0.1) is 11.3 Å². The van der Waals surface area contributed by atoms with Gasteiger partial charge in [-0.2, -0.15) is 5.26 Å². The first-order valence-electron chi connectivity index (χ1n) is 3.92. The van der Waals surface area contributed by atoms with Gasteiger partial charge in [-0.25, -0.2) is 0 Å². The molecule has 0 aliphatic carbocycles. The number of hydrogen-bond acceptors (Lipinski definition) is 2. The maximum atomic E-state index is 11.3. The minimum absolute atomic E-state index is 0.0800. The molecule has 0 fully saturated rings. The lowest BCUT2D eigenvalue weighted by Gasteiger charge is -2.00. The lowest BCUT2D eigenvalue weighted by atomic mass is 10.1. The molecule has 0 amide bonds. The van der Waals surface area contributed by atoms with Gasteiger partial charge in [0.25, 0.3) is 0 Å². The Morgan fingerprint density at radius 3 is 2.77 bits per heavy atom. The second-order valence-corrected chi connectivity index (χ2v) is 3.44. The zero-order valence-electron chi connectivity index (χ0n) is 7.17. The fourth-order valence-electron chi connectivity index (χ4n) is 1.00. The number of hydrogen-bond donors (Lipinski definition) is 0. The summed E-state index contributed by atoms with van der Waals surface area (Å²) in [5.41, 5.74) is 1.20. The fourth-order valence-corrected chi connectivity index (χ4v) is 1.60. The molecule has 0 heterocycles. The Balaban J connectivity index is 3.14. The summed E-state index contributed by atoms with van der Waals surface area (Å²) in [4.78, 5) is 11.3. The van der Waals surface area contributed by atoms with E-state index in [1.165, 1.54) is 0 Å². The number of carbonyl (C=O) groups is 1. The van der Waals surface area contributed by atoms with Gasteiger partial charge in [-0.3, -0.25) is 4.79 Å². The van der Waals surface area contributed by atoms with Crippen LogP contribution in [0.25, 0.3) is 0 Å². The van der Waals surface area contributed by atoms with Crippen LogP contribution in [0.4, 0.5) is 0 Å². The lowest BCUT2D eigenvalue weighted by Crippen LogP contribution is -1.97. The molecule has 1 aromatic rings. The van der Waals surface area contributed by atoms with E-state index in [4.69, 9.17) is 5.26 Å². The third-order valence-corrected chi connectivity index (χ3v) is 2.38. The Morgan fingerprint density at radius 1 is 1.62 bits per heavy atom. The van der Waals surface area contributed by atoms with Crippen LogP contribution >= 0.6 is 15.9 Å². The molecular formula is C10H8BrNO. The topological polar surface area (TPSA) is 40.9 Å². The Kier molecular flexibility index (Phi) is 3.21. The summed E-state index contributed by atoms with van der Waals surface area (Å²) < 4.78 is 0.693. The number of ketones is 1. The van der Waals surface area contributed by atoms with Gasteiger partial charge in [-0.05, 0) is 18.2 Å². The van der Waals surface area contributed by atoms with Crippen molar-refractivity contribution in [1.29, 1.82) is 5.26 Å². The summed E-state index contributed by atoms with van der Waals surface area (Å²) in [5.74, 6) is 0.0800. The Bertz CT molecular complexity index is 379. The maximum absolute atomic E-state index is 11.3. The average Bonchev–Trinajstić information content (AvgIpc) is 2.16. The van der Waals surface area contributed by atoms with Crippen molar-refractivity contribution in [2.45, 2.75) is 13.3 Å². The molecule has 0 N–H and O–H groups in total. The van der Waals surface area contributed by atoms with Crippen LogP contribution in [0.1, 0.15) is 29.3 Å². The van der Waals surface area contributed by atoms with Gasteiger partial charge >= 0.3 is 0 Å². The second kappa shape index (κ2) is 4.20. The minimum Gasteiger partial charge on any atom is -0.294 e. The molecule has 1 rings (SSSR count). The standard InChI is InChI=1S/C10H8BrNO/c1-2-10(13)8-4-3-7(6-12)5-9(8)11/h3-5H,2H2,1H3. The molecule has 0 saturated carbocycles.